The van der Waals surface area contributed by atoms with E-state index < -0.39 is 0 Å². The van der Waals surface area contributed by atoms with Gasteiger partial charge in [-0.25, -0.2) is 0 Å². The largest absolute Gasteiger partial charge is 0.467 e. The first-order valence-corrected chi connectivity index (χ1v) is 10.1. The van der Waals surface area contributed by atoms with Crippen LogP contribution in [-0.4, -0.2) is 15.0 Å². The van der Waals surface area contributed by atoms with E-state index in [0.717, 1.165) is 42.0 Å². The maximum Gasteiger partial charge on any atom is 0.275 e. The van der Waals surface area contributed by atoms with Crippen LogP contribution in [0, 0.1) is 0 Å². The Morgan fingerprint density at radius 1 is 1.17 bits per heavy atom. The Labute approximate surface area is 167 Å². The monoisotopic (exact) mass is 389 g/mol. The average molecular weight is 389 g/mol. The molecule has 0 radical (unpaired) electrons. The second-order valence-electron chi connectivity index (χ2n) is 7.76. The summed E-state index contributed by atoms with van der Waals surface area (Å²) in [4.78, 5) is 26.6. The van der Waals surface area contributed by atoms with Gasteiger partial charge in [0.15, 0.2) is 0 Å². The summed E-state index contributed by atoms with van der Waals surface area (Å²) < 4.78 is 9.04. The van der Waals surface area contributed by atoms with E-state index in [-0.39, 0.29) is 17.5 Å². The second kappa shape index (κ2) is 6.95. The Kier molecular flexibility index (Phi) is 4.27. The van der Waals surface area contributed by atoms with Gasteiger partial charge in [0.2, 0.25) is 0 Å². The van der Waals surface area contributed by atoms with Crippen LogP contribution in [0.3, 0.4) is 0 Å². The van der Waals surface area contributed by atoms with Crippen molar-refractivity contribution in [2.45, 2.75) is 38.3 Å². The summed E-state index contributed by atoms with van der Waals surface area (Å²) in [6.45, 7) is 0.306. The van der Waals surface area contributed by atoms with Gasteiger partial charge in [-0.15, -0.1) is 0 Å². The normalized spacial score (nSPS) is 14.8. The Bertz CT molecular complexity index is 1260. The lowest BCUT2D eigenvalue weighted by Gasteiger charge is -2.16. The fourth-order valence-electron chi connectivity index (χ4n) is 4.60. The highest BCUT2D eigenvalue weighted by molar-refractivity contribution is 6.17. The van der Waals surface area contributed by atoms with Crippen molar-refractivity contribution in [1.82, 2.24) is 14.5 Å². The zero-order valence-electron chi connectivity index (χ0n) is 16.4. The van der Waals surface area contributed by atoms with Gasteiger partial charge in [-0.1, -0.05) is 31.0 Å². The lowest BCUT2D eigenvalue weighted by Crippen LogP contribution is -2.29. The van der Waals surface area contributed by atoms with Gasteiger partial charge in [0.25, 0.3) is 11.5 Å². The average Bonchev–Trinajstić information content (AvgIpc) is 3.49. The fraction of sp³-hybridized carbons (Fsp3) is 0.304. The van der Waals surface area contributed by atoms with Crippen molar-refractivity contribution in [2.24, 2.45) is 7.05 Å². The predicted octanol–water partition coefficient (Wildman–Crippen LogP) is 4.13. The molecular formula is C23H23N3O3. The maximum atomic E-state index is 13.4. The minimum atomic E-state index is -0.200. The van der Waals surface area contributed by atoms with Crippen LogP contribution in [0.1, 0.15) is 47.8 Å². The topological polar surface area (TPSA) is 69.2 Å². The highest BCUT2D eigenvalue weighted by atomic mass is 16.3. The number of fused-ring (bicyclic) bond motifs is 3. The van der Waals surface area contributed by atoms with E-state index in [1.54, 1.807) is 23.1 Å². The van der Waals surface area contributed by atoms with Gasteiger partial charge in [-0.2, -0.15) is 0 Å². The highest BCUT2D eigenvalue weighted by Gasteiger charge is 2.25. The summed E-state index contributed by atoms with van der Waals surface area (Å²) in [7, 11) is 1.90. The van der Waals surface area contributed by atoms with Gasteiger partial charge in [-0.3, -0.25) is 9.59 Å². The molecule has 0 spiro atoms. The van der Waals surface area contributed by atoms with Crippen LogP contribution < -0.4 is 10.9 Å². The molecule has 0 unspecified atom stereocenters. The van der Waals surface area contributed by atoms with Crippen molar-refractivity contribution in [3.8, 4) is 0 Å². The summed E-state index contributed by atoms with van der Waals surface area (Å²) in [6.07, 6.45) is 7.54. The third-order valence-electron chi connectivity index (χ3n) is 6.05. The number of benzene rings is 1. The van der Waals surface area contributed by atoms with Gasteiger partial charge < -0.3 is 18.9 Å². The number of aromatic nitrogens is 2. The molecular weight excluding hydrogens is 366 g/mol. The number of amides is 1. The Morgan fingerprint density at radius 3 is 2.72 bits per heavy atom. The third-order valence-corrected chi connectivity index (χ3v) is 6.05. The number of nitrogens with one attached hydrogen (secondary N) is 1. The number of aryl methyl sites for hydroxylation is 1. The standard InChI is InChI=1S/C23H23N3O3/c1-25-19-11-5-4-10-17(19)20-18(22(27)24-13-16-9-6-12-29-16)14-26(23(28)21(20)25)15-7-2-3-8-15/h4-6,9-12,14-15H,2-3,7-8,13H2,1H3,(H,24,27). The van der Waals surface area contributed by atoms with E-state index >= 15 is 0 Å². The molecule has 0 bridgehead atoms. The fourth-order valence-corrected chi connectivity index (χ4v) is 4.60. The van der Waals surface area contributed by atoms with E-state index in [0.29, 0.717) is 23.4 Å². The molecule has 1 aliphatic carbocycles. The molecule has 4 aromatic rings. The van der Waals surface area contributed by atoms with E-state index in [2.05, 4.69) is 5.32 Å². The number of carbonyl (C=O) groups excluding carboxylic acids is 1. The lowest BCUT2D eigenvalue weighted by atomic mass is 10.1. The predicted molar refractivity (Wildman–Crippen MR) is 112 cm³/mol. The van der Waals surface area contributed by atoms with Gasteiger partial charge in [0.05, 0.1) is 18.4 Å². The zero-order valence-corrected chi connectivity index (χ0v) is 16.4. The second-order valence-corrected chi connectivity index (χ2v) is 7.76. The minimum absolute atomic E-state index is 0.0202. The maximum absolute atomic E-state index is 13.4. The van der Waals surface area contributed by atoms with E-state index in [9.17, 15) is 9.59 Å². The smallest absolute Gasteiger partial charge is 0.275 e. The van der Waals surface area contributed by atoms with Gasteiger partial charge in [-0.05, 0) is 31.0 Å². The Morgan fingerprint density at radius 2 is 1.97 bits per heavy atom. The van der Waals surface area contributed by atoms with Crippen LogP contribution in [0.2, 0.25) is 0 Å². The molecule has 6 nitrogen and oxygen atoms in total. The number of furan rings is 1. The molecule has 5 rings (SSSR count). The molecule has 29 heavy (non-hydrogen) atoms. The van der Waals surface area contributed by atoms with E-state index in [4.69, 9.17) is 4.42 Å². The first-order chi connectivity index (χ1) is 14.1. The van der Waals surface area contributed by atoms with E-state index in [1.807, 2.05) is 41.9 Å². The number of pyridine rings is 1. The molecule has 0 saturated heterocycles. The molecule has 3 heterocycles. The molecule has 1 aromatic carbocycles. The van der Waals surface area contributed by atoms with Crippen LogP contribution >= 0.6 is 0 Å². The quantitative estimate of drug-likeness (QED) is 0.571. The summed E-state index contributed by atoms with van der Waals surface area (Å²) in [6, 6.07) is 11.6. The summed E-state index contributed by atoms with van der Waals surface area (Å²) in [5.41, 5.74) is 2.05. The highest BCUT2D eigenvalue weighted by Crippen LogP contribution is 2.33. The number of hydrogen-bond acceptors (Lipinski definition) is 3. The van der Waals surface area contributed by atoms with Crippen molar-refractivity contribution >= 4 is 27.7 Å². The molecule has 148 valence electrons. The number of nitrogens with zero attached hydrogens (tertiary/aromatic N) is 2. The van der Waals surface area contributed by atoms with Crippen molar-refractivity contribution in [3.05, 3.63) is 70.5 Å². The molecule has 1 saturated carbocycles. The number of carbonyl (C=O) groups is 1. The molecule has 0 aliphatic heterocycles. The minimum Gasteiger partial charge on any atom is -0.467 e. The molecule has 6 heteroatoms. The van der Waals surface area contributed by atoms with Crippen LogP contribution in [0.5, 0.6) is 0 Å². The third kappa shape index (κ3) is 2.87. The van der Waals surface area contributed by atoms with Crippen LogP contribution in [0.4, 0.5) is 0 Å². The van der Waals surface area contributed by atoms with Crippen molar-refractivity contribution in [1.29, 1.82) is 0 Å². The van der Waals surface area contributed by atoms with Crippen LogP contribution in [0.25, 0.3) is 21.8 Å². The molecule has 3 aromatic heterocycles. The SMILES string of the molecule is Cn1c2ccccc2c2c(C(=O)NCc3ccco3)cn(C3CCCC3)c(=O)c21. The van der Waals surface area contributed by atoms with Crippen LogP contribution in [0.15, 0.2) is 58.1 Å². The Balaban J connectivity index is 1.71. The first-order valence-electron chi connectivity index (χ1n) is 10.1. The van der Waals surface area contributed by atoms with Crippen LogP contribution in [-0.2, 0) is 13.6 Å². The molecule has 0 atom stereocenters. The zero-order chi connectivity index (χ0) is 20.0. The number of hydrogen-bond donors (Lipinski definition) is 1. The van der Waals surface area contributed by atoms with Gasteiger partial charge in [0.1, 0.15) is 11.3 Å². The number of para-hydroxylation sites is 1. The van der Waals surface area contributed by atoms with Crippen molar-refractivity contribution in [2.75, 3.05) is 0 Å². The van der Waals surface area contributed by atoms with Crippen molar-refractivity contribution < 1.29 is 9.21 Å². The van der Waals surface area contributed by atoms with Gasteiger partial charge >= 0.3 is 0 Å². The number of rotatable bonds is 4. The Hall–Kier alpha value is -3.28. The van der Waals surface area contributed by atoms with Gasteiger partial charge in [0, 0.05) is 35.6 Å². The summed E-state index contributed by atoms with van der Waals surface area (Å²) in [5.74, 6) is 0.492. The molecule has 1 aliphatic rings. The lowest BCUT2D eigenvalue weighted by molar-refractivity contribution is 0.0949. The summed E-state index contributed by atoms with van der Waals surface area (Å²) in [5, 5.41) is 4.59. The molecule has 1 amide bonds. The van der Waals surface area contributed by atoms with Crippen molar-refractivity contribution in [3.63, 3.8) is 0 Å². The van der Waals surface area contributed by atoms with E-state index in [1.165, 1.54) is 0 Å². The molecule has 1 fully saturated rings. The summed E-state index contributed by atoms with van der Waals surface area (Å²) >= 11 is 0. The first kappa shape index (κ1) is 17.8. The molecule has 1 N–H and O–H groups in total.